The number of carbonyl (C=O) groups is 2. The molecular formula is C18H22F2N2O3. The van der Waals surface area contributed by atoms with E-state index in [1.807, 2.05) is 18.2 Å². The number of rotatable bonds is 4. The number of hydrogen-bond donors (Lipinski definition) is 0. The SMILES string of the molecule is O=C([C@H](c1ccccc1)N1CCCCC1=O)N1CCO[C@@H](C(F)F)C1. The standard InChI is InChI=1S/C18H22F2N2O3/c19-17(20)14-12-21(10-11-25-14)18(24)16(13-6-2-1-3-7-13)22-9-5-4-8-15(22)23/h1-3,6-7,14,16-17H,4-5,8-12H2/t14-,16+/m1/s1. The lowest BCUT2D eigenvalue weighted by molar-refractivity contribution is -0.157. The molecule has 2 saturated heterocycles. The number of piperidine rings is 1. The van der Waals surface area contributed by atoms with Crippen molar-refractivity contribution >= 4 is 11.8 Å². The van der Waals surface area contributed by atoms with Gasteiger partial charge < -0.3 is 14.5 Å². The number of halogens is 2. The van der Waals surface area contributed by atoms with Gasteiger partial charge in [0, 0.05) is 19.5 Å². The molecule has 2 heterocycles. The van der Waals surface area contributed by atoms with Crippen molar-refractivity contribution in [2.45, 2.75) is 37.8 Å². The van der Waals surface area contributed by atoms with Gasteiger partial charge in [0.15, 0.2) is 0 Å². The van der Waals surface area contributed by atoms with E-state index in [2.05, 4.69) is 0 Å². The Morgan fingerprint density at radius 1 is 1.16 bits per heavy atom. The molecule has 7 heteroatoms. The van der Waals surface area contributed by atoms with Gasteiger partial charge >= 0.3 is 0 Å². The Morgan fingerprint density at radius 3 is 2.60 bits per heavy atom. The average Bonchev–Trinajstić information content (AvgIpc) is 2.64. The summed E-state index contributed by atoms with van der Waals surface area (Å²) in [5, 5.41) is 0. The van der Waals surface area contributed by atoms with Gasteiger partial charge in [0.05, 0.1) is 13.2 Å². The van der Waals surface area contributed by atoms with E-state index < -0.39 is 18.6 Å². The topological polar surface area (TPSA) is 49.9 Å². The van der Waals surface area contributed by atoms with Gasteiger partial charge in [-0.05, 0) is 18.4 Å². The minimum atomic E-state index is -2.64. The Labute approximate surface area is 145 Å². The highest BCUT2D eigenvalue weighted by atomic mass is 19.3. The van der Waals surface area contributed by atoms with Crippen molar-refractivity contribution in [3.63, 3.8) is 0 Å². The molecular weight excluding hydrogens is 330 g/mol. The first-order valence-electron chi connectivity index (χ1n) is 8.61. The molecule has 5 nitrogen and oxygen atoms in total. The first kappa shape index (κ1) is 17.8. The summed E-state index contributed by atoms with van der Waals surface area (Å²) in [7, 11) is 0. The lowest BCUT2D eigenvalue weighted by Gasteiger charge is -2.39. The number of benzene rings is 1. The first-order chi connectivity index (χ1) is 12.1. The molecule has 0 saturated carbocycles. The van der Waals surface area contributed by atoms with Crippen molar-refractivity contribution in [3.8, 4) is 0 Å². The number of carbonyl (C=O) groups excluding carboxylic acids is 2. The van der Waals surface area contributed by atoms with Crippen LogP contribution in [0.1, 0.15) is 30.9 Å². The summed E-state index contributed by atoms with van der Waals surface area (Å²) in [6, 6.07) is 8.30. The predicted octanol–water partition coefficient (Wildman–Crippen LogP) is 2.23. The van der Waals surface area contributed by atoms with E-state index >= 15 is 0 Å². The fraction of sp³-hybridized carbons (Fsp3) is 0.556. The number of ether oxygens (including phenoxy) is 1. The quantitative estimate of drug-likeness (QED) is 0.835. The second kappa shape index (κ2) is 7.91. The van der Waals surface area contributed by atoms with E-state index in [0.717, 1.165) is 12.8 Å². The normalized spacial score (nSPS) is 23.0. The highest BCUT2D eigenvalue weighted by molar-refractivity contribution is 5.89. The molecule has 2 aliphatic rings. The van der Waals surface area contributed by atoms with Crippen molar-refractivity contribution in [2.24, 2.45) is 0 Å². The Hall–Kier alpha value is -2.02. The van der Waals surface area contributed by atoms with Gasteiger partial charge in [0.2, 0.25) is 11.8 Å². The minimum absolute atomic E-state index is 0.0628. The molecule has 0 aliphatic carbocycles. The fourth-order valence-electron chi connectivity index (χ4n) is 3.39. The van der Waals surface area contributed by atoms with Crippen LogP contribution >= 0.6 is 0 Å². The van der Waals surface area contributed by atoms with Crippen LogP contribution < -0.4 is 0 Å². The molecule has 2 aliphatic heterocycles. The van der Waals surface area contributed by atoms with E-state index in [0.29, 0.717) is 18.5 Å². The van der Waals surface area contributed by atoms with E-state index in [1.54, 1.807) is 17.0 Å². The van der Waals surface area contributed by atoms with Crippen molar-refractivity contribution in [1.82, 2.24) is 9.80 Å². The molecule has 136 valence electrons. The van der Waals surface area contributed by atoms with Crippen LogP contribution in [-0.4, -0.2) is 60.4 Å². The number of nitrogens with zero attached hydrogens (tertiary/aromatic N) is 2. The van der Waals surface area contributed by atoms with Gasteiger partial charge in [-0.25, -0.2) is 8.78 Å². The van der Waals surface area contributed by atoms with E-state index in [1.165, 1.54) is 4.90 Å². The van der Waals surface area contributed by atoms with Gasteiger partial charge in [-0.3, -0.25) is 9.59 Å². The Morgan fingerprint density at radius 2 is 1.92 bits per heavy atom. The maximum Gasteiger partial charge on any atom is 0.266 e. The average molecular weight is 352 g/mol. The largest absolute Gasteiger partial charge is 0.369 e. The van der Waals surface area contributed by atoms with Crippen LogP contribution in [0, 0.1) is 0 Å². The first-order valence-corrected chi connectivity index (χ1v) is 8.61. The number of alkyl halides is 2. The van der Waals surface area contributed by atoms with E-state index in [-0.39, 0.29) is 31.5 Å². The zero-order valence-electron chi connectivity index (χ0n) is 13.9. The zero-order valence-corrected chi connectivity index (χ0v) is 13.9. The number of amides is 2. The van der Waals surface area contributed by atoms with E-state index in [4.69, 9.17) is 4.74 Å². The third-order valence-corrected chi connectivity index (χ3v) is 4.71. The van der Waals surface area contributed by atoms with Crippen LogP contribution in [0.15, 0.2) is 30.3 Å². The number of hydrogen-bond acceptors (Lipinski definition) is 3. The van der Waals surface area contributed by atoms with Crippen LogP contribution in [0.2, 0.25) is 0 Å². The lowest BCUT2D eigenvalue weighted by atomic mass is 9.99. The predicted molar refractivity (Wildman–Crippen MR) is 87.1 cm³/mol. The molecule has 0 aromatic heterocycles. The highest BCUT2D eigenvalue weighted by Crippen LogP contribution is 2.28. The smallest absolute Gasteiger partial charge is 0.266 e. The van der Waals surface area contributed by atoms with Crippen LogP contribution in [0.25, 0.3) is 0 Å². The third kappa shape index (κ3) is 3.98. The third-order valence-electron chi connectivity index (χ3n) is 4.71. The Balaban J connectivity index is 1.86. The van der Waals surface area contributed by atoms with Crippen LogP contribution in [-0.2, 0) is 14.3 Å². The molecule has 2 atom stereocenters. The van der Waals surface area contributed by atoms with Crippen LogP contribution in [0.5, 0.6) is 0 Å². The van der Waals surface area contributed by atoms with Gasteiger partial charge in [-0.2, -0.15) is 0 Å². The van der Waals surface area contributed by atoms with Crippen molar-refractivity contribution in [1.29, 1.82) is 0 Å². The molecule has 0 radical (unpaired) electrons. The van der Waals surface area contributed by atoms with Crippen molar-refractivity contribution in [2.75, 3.05) is 26.2 Å². The second-order valence-corrected chi connectivity index (χ2v) is 6.39. The molecule has 1 aromatic carbocycles. The summed E-state index contributed by atoms with van der Waals surface area (Å²) in [4.78, 5) is 28.5. The van der Waals surface area contributed by atoms with Crippen LogP contribution in [0.4, 0.5) is 8.78 Å². The number of likely N-dealkylation sites (tertiary alicyclic amines) is 1. The molecule has 1 aromatic rings. The van der Waals surface area contributed by atoms with Crippen LogP contribution in [0.3, 0.4) is 0 Å². The Kier molecular flexibility index (Phi) is 5.63. The zero-order chi connectivity index (χ0) is 17.8. The van der Waals surface area contributed by atoms with Crippen molar-refractivity contribution in [3.05, 3.63) is 35.9 Å². The fourth-order valence-corrected chi connectivity index (χ4v) is 3.39. The molecule has 2 amide bonds. The minimum Gasteiger partial charge on any atom is -0.369 e. The maximum atomic E-state index is 13.1. The summed E-state index contributed by atoms with van der Waals surface area (Å²) in [5.41, 5.74) is 0.711. The lowest BCUT2D eigenvalue weighted by Crippen LogP contribution is -2.53. The maximum absolute atomic E-state index is 13.1. The molecule has 2 fully saturated rings. The molecule has 0 unspecified atom stereocenters. The summed E-state index contributed by atoms with van der Waals surface area (Å²) >= 11 is 0. The number of morpholine rings is 1. The van der Waals surface area contributed by atoms with Gasteiger partial charge in [-0.1, -0.05) is 30.3 Å². The monoisotopic (exact) mass is 352 g/mol. The van der Waals surface area contributed by atoms with Crippen molar-refractivity contribution < 1.29 is 23.1 Å². The van der Waals surface area contributed by atoms with Gasteiger partial charge in [-0.15, -0.1) is 0 Å². The molecule has 3 rings (SSSR count). The molecule has 0 spiro atoms. The summed E-state index contributed by atoms with van der Waals surface area (Å²) < 4.78 is 31.0. The summed E-state index contributed by atoms with van der Waals surface area (Å²) in [6.45, 7) is 0.693. The van der Waals surface area contributed by atoms with Gasteiger partial charge in [0.25, 0.3) is 6.43 Å². The summed E-state index contributed by atoms with van der Waals surface area (Å²) in [6.07, 6.45) is -1.84. The van der Waals surface area contributed by atoms with E-state index in [9.17, 15) is 18.4 Å². The molecule has 0 bridgehead atoms. The Bertz CT molecular complexity index is 612. The second-order valence-electron chi connectivity index (χ2n) is 6.39. The summed E-state index contributed by atoms with van der Waals surface area (Å²) in [5.74, 6) is -0.373. The van der Waals surface area contributed by atoms with Gasteiger partial charge in [0.1, 0.15) is 12.1 Å². The molecule has 25 heavy (non-hydrogen) atoms. The highest BCUT2D eigenvalue weighted by Gasteiger charge is 2.38. The molecule has 0 N–H and O–H groups in total.